The number of fused-ring (bicyclic) bond motifs is 1. The minimum Gasteiger partial charge on any atom is -0.480 e. The highest BCUT2D eigenvalue weighted by molar-refractivity contribution is 5.83. The van der Waals surface area contributed by atoms with Crippen molar-refractivity contribution in [3.63, 3.8) is 0 Å². The number of benzene rings is 1. The van der Waals surface area contributed by atoms with Crippen molar-refractivity contribution in [2.45, 2.75) is 44.9 Å². The molecule has 1 aliphatic heterocycles. The van der Waals surface area contributed by atoms with E-state index >= 15 is 0 Å². The van der Waals surface area contributed by atoms with Gasteiger partial charge < -0.3 is 20.1 Å². The van der Waals surface area contributed by atoms with E-state index in [4.69, 9.17) is 4.74 Å². The SMILES string of the molecule is CC(C)(C)OC(=O)NC1CCN(C(C(=O)O)c2cc3ccccc3[nH]2)C1. The smallest absolute Gasteiger partial charge is 0.407 e. The van der Waals surface area contributed by atoms with E-state index < -0.39 is 23.7 Å². The molecule has 0 spiro atoms. The minimum atomic E-state index is -0.908. The van der Waals surface area contributed by atoms with Gasteiger partial charge in [0.25, 0.3) is 0 Å². The third-order valence-electron chi connectivity index (χ3n) is 4.38. The molecule has 7 nitrogen and oxygen atoms in total. The molecule has 2 aromatic rings. The van der Waals surface area contributed by atoms with Gasteiger partial charge in [0, 0.05) is 30.3 Å². The van der Waals surface area contributed by atoms with E-state index in [2.05, 4.69) is 10.3 Å². The van der Waals surface area contributed by atoms with Crippen LogP contribution in [0.3, 0.4) is 0 Å². The number of amides is 1. The number of carboxylic acid groups (broad SMARTS) is 1. The molecule has 26 heavy (non-hydrogen) atoms. The van der Waals surface area contributed by atoms with Crippen molar-refractivity contribution < 1.29 is 19.4 Å². The molecule has 3 rings (SSSR count). The molecule has 1 fully saturated rings. The van der Waals surface area contributed by atoms with E-state index in [0.717, 1.165) is 10.9 Å². The Morgan fingerprint density at radius 1 is 1.35 bits per heavy atom. The number of ether oxygens (including phenoxy) is 1. The van der Waals surface area contributed by atoms with Crippen molar-refractivity contribution in [3.8, 4) is 0 Å². The molecule has 2 atom stereocenters. The largest absolute Gasteiger partial charge is 0.480 e. The maximum atomic E-state index is 11.9. The second-order valence-electron chi connectivity index (χ2n) is 7.68. The minimum absolute atomic E-state index is 0.129. The van der Waals surface area contributed by atoms with Crippen molar-refractivity contribution >= 4 is 23.0 Å². The number of para-hydroxylation sites is 1. The number of aromatic nitrogens is 1. The highest BCUT2D eigenvalue weighted by Gasteiger charge is 2.35. The van der Waals surface area contributed by atoms with Gasteiger partial charge in [-0.2, -0.15) is 0 Å². The Kier molecular flexibility index (Phi) is 4.91. The van der Waals surface area contributed by atoms with Crippen LogP contribution in [0.1, 0.15) is 38.9 Å². The zero-order valence-electron chi connectivity index (χ0n) is 15.3. The van der Waals surface area contributed by atoms with Crippen molar-refractivity contribution in [1.29, 1.82) is 0 Å². The first kappa shape index (κ1) is 18.3. The zero-order chi connectivity index (χ0) is 18.9. The summed E-state index contributed by atoms with van der Waals surface area (Å²) in [6, 6.07) is 8.69. The Labute approximate surface area is 152 Å². The Hall–Kier alpha value is -2.54. The summed E-state index contributed by atoms with van der Waals surface area (Å²) >= 11 is 0. The number of nitrogens with one attached hydrogen (secondary N) is 2. The summed E-state index contributed by atoms with van der Waals surface area (Å²) in [6.07, 6.45) is 0.213. The van der Waals surface area contributed by atoms with Gasteiger partial charge in [-0.1, -0.05) is 18.2 Å². The number of nitrogens with zero attached hydrogens (tertiary/aromatic N) is 1. The third-order valence-corrected chi connectivity index (χ3v) is 4.38. The summed E-state index contributed by atoms with van der Waals surface area (Å²) in [4.78, 5) is 28.9. The van der Waals surface area contributed by atoms with E-state index in [1.165, 1.54) is 0 Å². The van der Waals surface area contributed by atoms with Crippen LogP contribution in [0, 0.1) is 0 Å². The monoisotopic (exact) mass is 359 g/mol. The van der Waals surface area contributed by atoms with Gasteiger partial charge in [-0.05, 0) is 44.7 Å². The molecule has 1 saturated heterocycles. The highest BCUT2D eigenvalue weighted by Crippen LogP contribution is 2.28. The number of carbonyl (C=O) groups excluding carboxylic acids is 1. The number of hydrogen-bond donors (Lipinski definition) is 3. The van der Waals surface area contributed by atoms with Crippen LogP contribution in [0.2, 0.25) is 0 Å². The third kappa shape index (κ3) is 4.16. The number of carboxylic acids is 1. The molecule has 140 valence electrons. The molecule has 0 saturated carbocycles. The average molecular weight is 359 g/mol. The number of aliphatic carboxylic acids is 1. The van der Waals surface area contributed by atoms with Gasteiger partial charge in [0.15, 0.2) is 0 Å². The van der Waals surface area contributed by atoms with Gasteiger partial charge in [-0.15, -0.1) is 0 Å². The first-order valence-corrected chi connectivity index (χ1v) is 8.77. The lowest BCUT2D eigenvalue weighted by Crippen LogP contribution is -2.41. The molecule has 1 aliphatic rings. The topological polar surface area (TPSA) is 94.7 Å². The molecule has 2 heterocycles. The van der Waals surface area contributed by atoms with Crippen molar-refractivity contribution in [1.82, 2.24) is 15.2 Å². The van der Waals surface area contributed by atoms with Gasteiger partial charge >= 0.3 is 12.1 Å². The van der Waals surface area contributed by atoms with Crippen LogP contribution in [0.25, 0.3) is 10.9 Å². The fourth-order valence-corrected chi connectivity index (χ4v) is 3.34. The number of H-pyrrole nitrogens is 1. The molecule has 1 aromatic heterocycles. The molecular weight excluding hydrogens is 334 g/mol. The average Bonchev–Trinajstić information content (AvgIpc) is 3.12. The molecule has 1 amide bonds. The van der Waals surface area contributed by atoms with Gasteiger partial charge in [-0.25, -0.2) is 4.79 Å². The summed E-state index contributed by atoms with van der Waals surface area (Å²) in [7, 11) is 0. The predicted octanol–water partition coefficient (Wildman–Crippen LogP) is 2.89. The van der Waals surface area contributed by atoms with Gasteiger partial charge in [0.2, 0.25) is 0 Å². The van der Waals surface area contributed by atoms with Crippen molar-refractivity contribution in [2.24, 2.45) is 0 Å². The molecule has 0 aliphatic carbocycles. The quantitative estimate of drug-likeness (QED) is 0.780. The summed E-state index contributed by atoms with van der Waals surface area (Å²) in [6.45, 7) is 6.48. The van der Waals surface area contributed by atoms with E-state index in [0.29, 0.717) is 25.2 Å². The molecule has 0 radical (unpaired) electrons. The lowest BCUT2D eigenvalue weighted by molar-refractivity contribution is -0.143. The number of alkyl carbamates (subject to hydrolysis) is 1. The van der Waals surface area contributed by atoms with Crippen LogP contribution in [-0.4, -0.2) is 51.8 Å². The Balaban J connectivity index is 1.70. The van der Waals surface area contributed by atoms with Crippen LogP contribution in [0.15, 0.2) is 30.3 Å². The second-order valence-corrected chi connectivity index (χ2v) is 7.68. The standard InChI is InChI=1S/C19H25N3O4/c1-19(2,3)26-18(25)20-13-8-9-22(11-13)16(17(23)24)15-10-12-6-4-5-7-14(12)21-15/h4-7,10,13,16,21H,8-9,11H2,1-3H3,(H,20,25)(H,23,24). The first-order chi connectivity index (χ1) is 12.2. The van der Waals surface area contributed by atoms with Gasteiger partial charge in [-0.3, -0.25) is 9.69 Å². The predicted molar refractivity (Wildman–Crippen MR) is 98.0 cm³/mol. The Morgan fingerprint density at radius 2 is 2.08 bits per heavy atom. The van der Waals surface area contributed by atoms with Crippen LogP contribution >= 0.6 is 0 Å². The van der Waals surface area contributed by atoms with E-state index in [9.17, 15) is 14.7 Å². The van der Waals surface area contributed by atoms with Crippen LogP contribution in [0.5, 0.6) is 0 Å². The van der Waals surface area contributed by atoms with E-state index in [1.807, 2.05) is 56.0 Å². The molecular formula is C19H25N3O4. The molecule has 0 bridgehead atoms. The van der Waals surface area contributed by atoms with Gasteiger partial charge in [0.1, 0.15) is 11.6 Å². The fourth-order valence-electron chi connectivity index (χ4n) is 3.34. The molecule has 7 heteroatoms. The normalized spacial score (nSPS) is 19.4. The van der Waals surface area contributed by atoms with Crippen molar-refractivity contribution in [2.75, 3.05) is 13.1 Å². The van der Waals surface area contributed by atoms with E-state index in [1.54, 1.807) is 0 Å². The summed E-state index contributed by atoms with van der Waals surface area (Å²) < 4.78 is 5.28. The number of rotatable bonds is 4. The van der Waals surface area contributed by atoms with Crippen LogP contribution in [-0.2, 0) is 9.53 Å². The fraction of sp³-hybridized carbons (Fsp3) is 0.474. The van der Waals surface area contributed by atoms with Crippen molar-refractivity contribution in [3.05, 3.63) is 36.0 Å². The molecule has 1 aromatic carbocycles. The van der Waals surface area contributed by atoms with E-state index in [-0.39, 0.29) is 6.04 Å². The summed E-state index contributed by atoms with van der Waals surface area (Å²) in [5.41, 5.74) is 1.00. The van der Waals surface area contributed by atoms with Gasteiger partial charge in [0.05, 0.1) is 0 Å². The van der Waals surface area contributed by atoms with Crippen LogP contribution in [0.4, 0.5) is 4.79 Å². The Morgan fingerprint density at radius 3 is 2.73 bits per heavy atom. The number of likely N-dealkylation sites (tertiary alicyclic amines) is 1. The maximum absolute atomic E-state index is 11.9. The summed E-state index contributed by atoms with van der Waals surface area (Å²) in [5.74, 6) is -0.908. The zero-order valence-corrected chi connectivity index (χ0v) is 15.3. The second kappa shape index (κ2) is 6.99. The summed E-state index contributed by atoms with van der Waals surface area (Å²) in [5, 5.41) is 13.6. The highest BCUT2D eigenvalue weighted by atomic mass is 16.6. The first-order valence-electron chi connectivity index (χ1n) is 8.77. The van der Waals surface area contributed by atoms with Crippen LogP contribution < -0.4 is 5.32 Å². The Bertz CT molecular complexity index is 775. The molecule has 2 unspecified atom stereocenters. The number of aromatic amines is 1. The maximum Gasteiger partial charge on any atom is 0.407 e. The lowest BCUT2D eigenvalue weighted by Gasteiger charge is -2.24. The lowest BCUT2D eigenvalue weighted by atomic mass is 10.1. The number of carbonyl (C=O) groups is 2. The number of hydrogen-bond acceptors (Lipinski definition) is 4. The molecule has 3 N–H and O–H groups in total.